The average Bonchev–Trinajstić information content (AvgIpc) is 3.09. The highest BCUT2D eigenvalue weighted by Crippen LogP contribution is 2.17. The van der Waals surface area contributed by atoms with Gasteiger partial charge in [-0.25, -0.2) is 9.97 Å². The number of imidazole rings is 1. The van der Waals surface area contributed by atoms with E-state index < -0.39 is 5.95 Å². The molecule has 6 heteroatoms. The van der Waals surface area contributed by atoms with Crippen molar-refractivity contribution in [3.8, 4) is 5.69 Å². The lowest BCUT2D eigenvalue weighted by molar-refractivity contribution is 0.0939. The molecule has 0 radical (unpaired) electrons. The van der Waals surface area contributed by atoms with E-state index >= 15 is 0 Å². The van der Waals surface area contributed by atoms with E-state index in [4.69, 9.17) is 0 Å². The van der Waals surface area contributed by atoms with Crippen molar-refractivity contribution < 1.29 is 9.18 Å². The highest BCUT2D eigenvalue weighted by molar-refractivity contribution is 5.94. The highest BCUT2D eigenvalue weighted by Gasteiger charge is 2.13. The number of amides is 1. The van der Waals surface area contributed by atoms with E-state index in [-0.39, 0.29) is 17.5 Å². The topological polar surface area (TPSA) is 59.8 Å². The first-order valence-corrected chi connectivity index (χ1v) is 7.14. The quantitative estimate of drug-likeness (QED) is 0.754. The third kappa shape index (κ3) is 3.42. The number of hydrogen-bond donors (Lipinski definition) is 1. The molecule has 5 nitrogen and oxygen atoms in total. The number of rotatable bonds is 4. The molecule has 3 aromatic rings. The molecule has 116 valence electrons. The van der Waals surface area contributed by atoms with E-state index in [1.54, 1.807) is 12.5 Å². The molecule has 1 N–H and O–H groups in total. The minimum atomic E-state index is -0.674. The molecule has 0 fully saturated rings. The Kier molecular flexibility index (Phi) is 4.14. The number of halogens is 1. The SMILES string of the molecule is C[C@H](NC(=O)c1ccnc(F)c1)c1cccc(-n2ccnc2)c1. The summed E-state index contributed by atoms with van der Waals surface area (Å²) in [6.45, 7) is 1.88. The summed E-state index contributed by atoms with van der Waals surface area (Å²) in [4.78, 5) is 19.6. The van der Waals surface area contributed by atoms with Crippen molar-refractivity contribution >= 4 is 5.91 Å². The molecule has 23 heavy (non-hydrogen) atoms. The summed E-state index contributed by atoms with van der Waals surface area (Å²) in [6, 6.07) is 10.1. The summed E-state index contributed by atoms with van der Waals surface area (Å²) in [5.74, 6) is -1.01. The Labute approximate surface area is 132 Å². The van der Waals surface area contributed by atoms with Gasteiger partial charge >= 0.3 is 0 Å². The normalized spacial score (nSPS) is 11.9. The molecule has 1 atom stereocenters. The Morgan fingerprint density at radius 2 is 2.13 bits per heavy atom. The Bertz CT molecular complexity index is 817. The maximum atomic E-state index is 13.1. The van der Waals surface area contributed by atoms with E-state index in [2.05, 4.69) is 15.3 Å². The molecule has 2 aromatic heterocycles. The lowest BCUT2D eigenvalue weighted by Gasteiger charge is -2.15. The van der Waals surface area contributed by atoms with Crippen LogP contribution in [-0.4, -0.2) is 20.4 Å². The van der Waals surface area contributed by atoms with Crippen LogP contribution in [0, 0.1) is 5.95 Å². The molecule has 0 aliphatic heterocycles. The van der Waals surface area contributed by atoms with Gasteiger partial charge in [-0.2, -0.15) is 4.39 Å². The third-order valence-electron chi connectivity index (χ3n) is 3.51. The number of hydrogen-bond acceptors (Lipinski definition) is 3. The van der Waals surface area contributed by atoms with E-state index in [0.29, 0.717) is 0 Å². The van der Waals surface area contributed by atoms with E-state index in [1.165, 1.54) is 12.3 Å². The van der Waals surface area contributed by atoms with Crippen LogP contribution in [-0.2, 0) is 0 Å². The lowest BCUT2D eigenvalue weighted by atomic mass is 10.1. The molecule has 0 bridgehead atoms. The van der Waals surface area contributed by atoms with Crippen LogP contribution in [0.2, 0.25) is 0 Å². The van der Waals surface area contributed by atoms with Crippen molar-refractivity contribution in [3.05, 3.63) is 78.4 Å². The number of pyridine rings is 1. The summed E-state index contributed by atoms with van der Waals surface area (Å²) in [5.41, 5.74) is 2.14. The predicted molar refractivity (Wildman–Crippen MR) is 83.6 cm³/mol. The van der Waals surface area contributed by atoms with Gasteiger partial charge in [-0.3, -0.25) is 4.79 Å². The Morgan fingerprint density at radius 1 is 1.26 bits per heavy atom. The Morgan fingerprint density at radius 3 is 2.87 bits per heavy atom. The summed E-state index contributed by atoms with van der Waals surface area (Å²) in [6.07, 6.45) is 6.54. The first kappa shape index (κ1) is 14.9. The molecule has 0 spiro atoms. The molecular formula is C17H15FN4O. The number of nitrogens with one attached hydrogen (secondary N) is 1. The van der Waals surface area contributed by atoms with Crippen LogP contribution in [0.1, 0.15) is 28.9 Å². The molecule has 0 aliphatic carbocycles. The van der Waals surface area contributed by atoms with Crippen LogP contribution in [0.4, 0.5) is 4.39 Å². The molecule has 3 rings (SSSR count). The Balaban J connectivity index is 1.77. The molecule has 0 saturated heterocycles. The summed E-state index contributed by atoms with van der Waals surface area (Å²) >= 11 is 0. The van der Waals surface area contributed by atoms with Crippen LogP contribution in [0.15, 0.2) is 61.3 Å². The fraction of sp³-hybridized carbons (Fsp3) is 0.118. The van der Waals surface area contributed by atoms with Gasteiger partial charge in [-0.1, -0.05) is 12.1 Å². The largest absolute Gasteiger partial charge is 0.346 e. The van der Waals surface area contributed by atoms with Crippen molar-refractivity contribution in [2.75, 3.05) is 0 Å². The fourth-order valence-corrected chi connectivity index (χ4v) is 2.27. The minimum absolute atomic E-state index is 0.220. The van der Waals surface area contributed by atoms with Gasteiger partial charge in [0.25, 0.3) is 5.91 Å². The van der Waals surface area contributed by atoms with Crippen LogP contribution in [0.5, 0.6) is 0 Å². The Hall–Kier alpha value is -3.02. The van der Waals surface area contributed by atoms with Crippen molar-refractivity contribution in [2.45, 2.75) is 13.0 Å². The number of nitrogens with zero attached hydrogens (tertiary/aromatic N) is 3. The van der Waals surface area contributed by atoms with Gasteiger partial charge in [0.05, 0.1) is 12.4 Å². The molecule has 0 saturated carbocycles. The van der Waals surface area contributed by atoms with Crippen LogP contribution in [0.25, 0.3) is 5.69 Å². The van der Waals surface area contributed by atoms with Crippen molar-refractivity contribution in [1.82, 2.24) is 19.9 Å². The van der Waals surface area contributed by atoms with Crippen molar-refractivity contribution in [2.24, 2.45) is 0 Å². The second-order valence-electron chi connectivity index (χ2n) is 5.13. The fourth-order valence-electron chi connectivity index (χ4n) is 2.27. The molecule has 1 amide bonds. The first-order chi connectivity index (χ1) is 11.1. The maximum Gasteiger partial charge on any atom is 0.251 e. The smallest absolute Gasteiger partial charge is 0.251 e. The summed E-state index contributed by atoms with van der Waals surface area (Å²) in [7, 11) is 0. The van der Waals surface area contributed by atoms with E-state index in [0.717, 1.165) is 17.3 Å². The maximum absolute atomic E-state index is 13.1. The van der Waals surface area contributed by atoms with Gasteiger partial charge in [-0.05, 0) is 30.7 Å². The van der Waals surface area contributed by atoms with E-state index in [9.17, 15) is 9.18 Å². The summed E-state index contributed by atoms with van der Waals surface area (Å²) in [5, 5.41) is 2.85. The predicted octanol–water partition coefficient (Wildman–Crippen LogP) is 2.90. The lowest BCUT2D eigenvalue weighted by Crippen LogP contribution is -2.26. The number of aromatic nitrogens is 3. The van der Waals surface area contributed by atoms with Crippen LogP contribution in [0.3, 0.4) is 0 Å². The van der Waals surface area contributed by atoms with Crippen LogP contribution < -0.4 is 5.32 Å². The monoisotopic (exact) mass is 310 g/mol. The zero-order chi connectivity index (χ0) is 16.2. The molecule has 0 aliphatic rings. The van der Waals surface area contributed by atoms with Gasteiger partial charge < -0.3 is 9.88 Å². The van der Waals surface area contributed by atoms with Crippen LogP contribution >= 0.6 is 0 Å². The minimum Gasteiger partial charge on any atom is -0.346 e. The zero-order valence-corrected chi connectivity index (χ0v) is 12.5. The molecule has 2 heterocycles. The van der Waals surface area contributed by atoms with Gasteiger partial charge in [0.1, 0.15) is 0 Å². The van der Waals surface area contributed by atoms with Crippen molar-refractivity contribution in [3.63, 3.8) is 0 Å². The highest BCUT2D eigenvalue weighted by atomic mass is 19.1. The van der Waals surface area contributed by atoms with E-state index in [1.807, 2.05) is 42.0 Å². The average molecular weight is 310 g/mol. The van der Waals surface area contributed by atoms with Gasteiger partial charge in [0.15, 0.2) is 0 Å². The standard InChI is InChI=1S/C17H15FN4O/c1-12(21-17(23)14-5-6-20-16(18)10-14)13-3-2-4-15(9-13)22-8-7-19-11-22/h2-12H,1H3,(H,21,23)/t12-/m0/s1. The summed E-state index contributed by atoms with van der Waals surface area (Å²) < 4.78 is 15.0. The molecule has 0 unspecified atom stereocenters. The van der Waals surface area contributed by atoms with Gasteiger partial charge in [-0.15, -0.1) is 0 Å². The second kappa shape index (κ2) is 6.39. The molecular weight excluding hydrogens is 295 g/mol. The zero-order valence-electron chi connectivity index (χ0n) is 12.5. The number of carbonyl (C=O) groups excluding carboxylic acids is 1. The first-order valence-electron chi connectivity index (χ1n) is 7.14. The second-order valence-corrected chi connectivity index (χ2v) is 5.13. The molecule has 1 aromatic carbocycles. The third-order valence-corrected chi connectivity index (χ3v) is 3.51. The van der Waals surface area contributed by atoms with Gasteiger partial charge in [0.2, 0.25) is 5.95 Å². The number of carbonyl (C=O) groups is 1. The van der Waals surface area contributed by atoms with Gasteiger partial charge in [0, 0.05) is 35.9 Å². The number of benzene rings is 1. The van der Waals surface area contributed by atoms with Crippen molar-refractivity contribution in [1.29, 1.82) is 0 Å².